The second kappa shape index (κ2) is 5.81. The molecule has 0 unspecified atom stereocenters. The van der Waals surface area contributed by atoms with Gasteiger partial charge in [0.25, 0.3) is 0 Å². The average Bonchev–Trinajstić information content (AvgIpc) is 2.89. The van der Waals surface area contributed by atoms with E-state index in [-0.39, 0.29) is 17.3 Å². The Morgan fingerprint density at radius 3 is 2.64 bits per heavy atom. The fraction of sp³-hybridized carbons (Fsp3) is 0.0588. The summed E-state index contributed by atoms with van der Waals surface area (Å²) in [5.74, 6) is -0.680. The second-order valence-corrected chi connectivity index (χ2v) is 4.60. The van der Waals surface area contributed by atoms with Gasteiger partial charge in [-0.2, -0.15) is 0 Å². The molecule has 0 aromatic heterocycles. The zero-order chi connectivity index (χ0) is 15.5. The van der Waals surface area contributed by atoms with Gasteiger partial charge >= 0.3 is 5.97 Å². The number of cyclic esters (lactones) is 1. The number of esters is 1. The van der Waals surface area contributed by atoms with E-state index in [0.29, 0.717) is 11.1 Å². The normalized spacial score (nSPS) is 15.6. The van der Waals surface area contributed by atoms with Gasteiger partial charge in [0.15, 0.2) is 17.3 Å². The van der Waals surface area contributed by atoms with Crippen molar-refractivity contribution in [1.29, 1.82) is 0 Å². The van der Waals surface area contributed by atoms with Gasteiger partial charge in [-0.15, -0.1) is 0 Å². The molecule has 0 fully saturated rings. The summed E-state index contributed by atoms with van der Waals surface area (Å²) in [5, 5.41) is 0. The van der Waals surface area contributed by atoms with Crippen molar-refractivity contribution in [2.24, 2.45) is 4.99 Å². The highest BCUT2D eigenvalue weighted by Crippen LogP contribution is 2.22. The minimum absolute atomic E-state index is 0.128. The Labute approximate surface area is 126 Å². The molecule has 1 heterocycles. The molecule has 0 N–H and O–H groups in total. The number of halogens is 1. The smallest absolute Gasteiger partial charge is 0.363 e. The summed E-state index contributed by atoms with van der Waals surface area (Å²) in [6.07, 6.45) is 1.47. The number of nitrogens with zero attached hydrogens (tertiary/aromatic N) is 1. The quantitative estimate of drug-likeness (QED) is 0.646. The molecule has 0 bridgehead atoms. The van der Waals surface area contributed by atoms with E-state index in [4.69, 9.17) is 9.47 Å². The van der Waals surface area contributed by atoms with Crippen molar-refractivity contribution in [2.75, 3.05) is 7.11 Å². The predicted molar refractivity (Wildman–Crippen MR) is 80.0 cm³/mol. The zero-order valence-corrected chi connectivity index (χ0v) is 11.7. The molecule has 4 nitrogen and oxygen atoms in total. The van der Waals surface area contributed by atoms with Crippen LogP contribution in [0.1, 0.15) is 11.1 Å². The minimum Gasteiger partial charge on any atom is -0.494 e. The molecule has 0 saturated carbocycles. The standard InChI is InChI=1S/C17H12FNO3/c1-21-15-8-7-11(9-13(15)18)10-14-17(20)22-16(19-14)12-5-3-2-4-6-12/h2-10H,1H3/b14-10-. The topological polar surface area (TPSA) is 47.9 Å². The van der Waals surface area contributed by atoms with Gasteiger partial charge in [-0.3, -0.25) is 0 Å². The molecular weight excluding hydrogens is 285 g/mol. The number of carbonyl (C=O) groups is 1. The lowest BCUT2D eigenvalue weighted by Gasteiger charge is -2.01. The maximum atomic E-state index is 13.7. The number of rotatable bonds is 3. The molecular formula is C17H12FNO3. The van der Waals surface area contributed by atoms with Gasteiger partial charge in [-0.1, -0.05) is 24.3 Å². The van der Waals surface area contributed by atoms with Gasteiger partial charge in [0.1, 0.15) is 0 Å². The molecule has 22 heavy (non-hydrogen) atoms. The predicted octanol–water partition coefficient (Wildman–Crippen LogP) is 3.18. The van der Waals surface area contributed by atoms with Crippen molar-refractivity contribution < 1.29 is 18.7 Å². The van der Waals surface area contributed by atoms with E-state index in [0.717, 1.165) is 0 Å². The van der Waals surface area contributed by atoms with Crippen LogP contribution in [0.5, 0.6) is 5.75 Å². The lowest BCUT2D eigenvalue weighted by molar-refractivity contribution is -0.129. The van der Waals surface area contributed by atoms with E-state index in [9.17, 15) is 9.18 Å². The third-order valence-electron chi connectivity index (χ3n) is 3.12. The van der Waals surface area contributed by atoms with Crippen molar-refractivity contribution in [3.8, 4) is 5.75 Å². The lowest BCUT2D eigenvalue weighted by Crippen LogP contribution is -2.04. The summed E-state index contributed by atoms with van der Waals surface area (Å²) in [6.45, 7) is 0. The molecule has 5 heteroatoms. The van der Waals surface area contributed by atoms with Crippen molar-refractivity contribution in [2.45, 2.75) is 0 Å². The first-order chi connectivity index (χ1) is 10.7. The summed E-state index contributed by atoms with van der Waals surface area (Å²) in [7, 11) is 1.39. The van der Waals surface area contributed by atoms with Crippen molar-refractivity contribution in [1.82, 2.24) is 0 Å². The Morgan fingerprint density at radius 1 is 1.18 bits per heavy atom. The molecule has 0 radical (unpaired) electrons. The van der Waals surface area contributed by atoms with Gasteiger partial charge in [-0.05, 0) is 35.9 Å². The summed E-state index contributed by atoms with van der Waals surface area (Å²) in [6, 6.07) is 13.5. The number of aliphatic imine (C=N–C) groups is 1. The van der Waals surface area contributed by atoms with Gasteiger partial charge in [-0.25, -0.2) is 14.2 Å². The Bertz CT molecular complexity index is 782. The first kappa shape index (κ1) is 14.0. The van der Waals surface area contributed by atoms with Crippen LogP contribution in [0.3, 0.4) is 0 Å². The summed E-state index contributed by atoms with van der Waals surface area (Å²) in [4.78, 5) is 16.0. The fourth-order valence-electron chi connectivity index (χ4n) is 2.04. The highest BCUT2D eigenvalue weighted by atomic mass is 19.1. The third kappa shape index (κ3) is 2.74. The van der Waals surface area contributed by atoms with Gasteiger partial charge in [0.2, 0.25) is 5.90 Å². The van der Waals surface area contributed by atoms with E-state index in [1.54, 1.807) is 18.2 Å². The van der Waals surface area contributed by atoms with Crippen LogP contribution in [0.4, 0.5) is 4.39 Å². The molecule has 0 spiro atoms. The van der Waals surface area contributed by atoms with Crippen LogP contribution in [0.2, 0.25) is 0 Å². The van der Waals surface area contributed by atoms with Crippen LogP contribution in [-0.4, -0.2) is 19.0 Å². The summed E-state index contributed by atoms with van der Waals surface area (Å²) >= 11 is 0. The highest BCUT2D eigenvalue weighted by Gasteiger charge is 2.23. The Morgan fingerprint density at radius 2 is 1.95 bits per heavy atom. The fourth-order valence-corrected chi connectivity index (χ4v) is 2.04. The number of hydrogen-bond acceptors (Lipinski definition) is 4. The van der Waals surface area contributed by atoms with Crippen LogP contribution < -0.4 is 4.74 Å². The number of benzene rings is 2. The Balaban J connectivity index is 1.92. The number of ether oxygens (including phenoxy) is 2. The lowest BCUT2D eigenvalue weighted by atomic mass is 10.2. The van der Waals surface area contributed by atoms with E-state index in [1.807, 2.05) is 18.2 Å². The van der Waals surface area contributed by atoms with Gasteiger partial charge in [0.05, 0.1) is 7.11 Å². The molecule has 1 aliphatic heterocycles. The van der Waals surface area contributed by atoms with Crippen LogP contribution in [0.15, 0.2) is 59.2 Å². The van der Waals surface area contributed by atoms with Crippen molar-refractivity contribution in [3.63, 3.8) is 0 Å². The Hall–Kier alpha value is -2.95. The van der Waals surface area contributed by atoms with E-state index in [1.165, 1.54) is 25.3 Å². The van der Waals surface area contributed by atoms with E-state index >= 15 is 0 Å². The van der Waals surface area contributed by atoms with Crippen molar-refractivity contribution >= 4 is 17.9 Å². The summed E-state index contributed by atoms with van der Waals surface area (Å²) in [5.41, 5.74) is 1.34. The van der Waals surface area contributed by atoms with Gasteiger partial charge < -0.3 is 9.47 Å². The molecule has 0 aliphatic carbocycles. The SMILES string of the molecule is COc1ccc(/C=C2\N=C(c3ccccc3)OC2=O)cc1F. The molecule has 2 aromatic rings. The van der Waals surface area contributed by atoms with Gasteiger partial charge in [0, 0.05) is 5.56 Å². The minimum atomic E-state index is -0.560. The average molecular weight is 297 g/mol. The number of carbonyl (C=O) groups excluding carboxylic acids is 1. The first-order valence-corrected chi connectivity index (χ1v) is 6.59. The third-order valence-corrected chi connectivity index (χ3v) is 3.12. The maximum Gasteiger partial charge on any atom is 0.363 e. The maximum absolute atomic E-state index is 13.7. The van der Waals surface area contributed by atoms with E-state index in [2.05, 4.69) is 4.99 Å². The molecule has 0 saturated heterocycles. The molecule has 1 aliphatic rings. The number of hydrogen-bond donors (Lipinski definition) is 0. The summed E-state index contributed by atoms with van der Waals surface area (Å²) < 4.78 is 23.6. The first-order valence-electron chi connectivity index (χ1n) is 6.59. The molecule has 0 amide bonds. The Kier molecular flexibility index (Phi) is 3.70. The molecule has 110 valence electrons. The second-order valence-electron chi connectivity index (χ2n) is 4.60. The molecule has 2 aromatic carbocycles. The largest absolute Gasteiger partial charge is 0.494 e. The van der Waals surface area contributed by atoms with Crippen LogP contribution in [-0.2, 0) is 9.53 Å². The molecule has 3 rings (SSSR count). The van der Waals surface area contributed by atoms with Crippen molar-refractivity contribution in [3.05, 3.63) is 71.2 Å². The monoisotopic (exact) mass is 297 g/mol. The highest BCUT2D eigenvalue weighted by molar-refractivity contribution is 6.12. The van der Waals surface area contributed by atoms with E-state index < -0.39 is 11.8 Å². The van der Waals surface area contributed by atoms with Crippen LogP contribution >= 0.6 is 0 Å². The van der Waals surface area contributed by atoms with Crippen LogP contribution in [0, 0.1) is 5.82 Å². The zero-order valence-electron chi connectivity index (χ0n) is 11.7. The molecule has 0 atom stereocenters. The number of methoxy groups -OCH3 is 1. The van der Waals surface area contributed by atoms with Crippen LogP contribution in [0.25, 0.3) is 6.08 Å².